The third kappa shape index (κ3) is 7.25. The predicted octanol–water partition coefficient (Wildman–Crippen LogP) is 9.00. The fourth-order valence-electron chi connectivity index (χ4n) is 5.40. The van der Waals surface area contributed by atoms with Gasteiger partial charge < -0.3 is 21.7 Å². The average Bonchev–Trinajstić information content (AvgIpc) is 3.09. The number of phenolic OH excluding ortho intramolecular Hbond substituents is 2. The van der Waals surface area contributed by atoms with Crippen molar-refractivity contribution in [2.45, 2.75) is 19.6 Å². The number of benzene rings is 6. The topological polar surface area (TPSA) is 251 Å². The number of azo groups is 2. The van der Waals surface area contributed by atoms with Gasteiger partial charge in [-0.3, -0.25) is 9.11 Å². The Morgan fingerprint density at radius 3 is 1.50 bits per heavy atom. The van der Waals surface area contributed by atoms with Crippen LogP contribution in [0.15, 0.2) is 125 Å². The molecular weight excluding hydrogens is 749 g/mol. The fourth-order valence-corrected chi connectivity index (χ4v) is 7.84. The van der Waals surface area contributed by atoms with E-state index in [0.29, 0.717) is 37.9 Å². The summed E-state index contributed by atoms with van der Waals surface area (Å²) in [6.45, 7) is 0. The van der Waals surface area contributed by atoms with Crippen molar-refractivity contribution in [3.63, 3.8) is 0 Å². The van der Waals surface area contributed by atoms with E-state index in [4.69, 9.17) is 11.5 Å². The zero-order valence-electron chi connectivity index (χ0n) is 27.1. The maximum Gasteiger partial charge on any atom is 0.296 e. The van der Waals surface area contributed by atoms with Crippen molar-refractivity contribution >= 4 is 99.4 Å². The van der Waals surface area contributed by atoms with Gasteiger partial charge in [-0.2, -0.15) is 16.8 Å². The quantitative estimate of drug-likeness (QED) is 0.0348. The Morgan fingerprint density at radius 2 is 1.00 bits per heavy atom. The number of nitrogen functional groups attached to an aromatic ring is 2. The Labute approximate surface area is 305 Å². The molecule has 14 nitrogen and oxygen atoms in total. The van der Waals surface area contributed by atoms with Crippen LogP contribution in [0.3, 0.4) is 0 Å². The van der Waals surface area contributed by atoms with E-state index in [2.05, 4.69) is 20.5 Å². The van der Waals surface area contributed by atoms with Crippen LogP contribution in [-0.2, 0) is 20.2 Å². The monoisotopic (exact) mass is 776 g/mol. The number of phenols is 2. The van der Waals surface area contributed by atoms with Crippen LogP contribution < -0.4 is 11.5 Å². The van der Waals surface area contributed by atoms with Gasteiger partial charge in [-0.1, -0.05) is 18.2 Å². The molecule has 8 N–H and O–H groups in total. The van der Waals surface area contributed by atoms with Crippen LogP contribution in [0.4, 0.5) is 34.1 Å². The third-order valence-corrected chi connectivity index (χ3v) is 11.2. The van der Waals surface area contributed by atoms with Crippen LogP contribution in [0, 0.1) is 0 Å². The van der Waals surface area contributed by atoms with Gasteiger partial charge in [-0.05, 0) is 101 Å². The fraction of sp³-hybridized carbons (Fsp3) is 0.0588. The number of fused-ring (bicyclic) bond motifs is 2. The molecule has 52 heavy (non-hydrogen) atoms. The molecule has 0 aliphatic rings. The molecule has 0 saturated carbocycles. The summed E-state index contributed by atoms with van der Waals surface area (Å²) in [4.78, 5) is 0.0541. The van der Waals surface area contributed by atoms with Crippen LogP contribution in [0.25, 0.3) is 32.7 Å². The minimum atomic E-state index is -4.81. The number of hydrogen-bond acceptors (Lipinski definition) is 14. The van der Waals surface area contributed by atoms with Crippen molar-refractivity contribution in [3.05, 3.63) is 84.9 Å². The van der Waals surface area contributed by atoms with Gasteiger partial charge in [-0.25, -0.2) is 0 Å². The highest BCUT2D eigenvalue weighted by Crippen LogP contribution is 2.45. The van der Waals surface area contributed by atoms with Gasteiger partial charge in [-0.15, -0.1) is 44.0 Å². The SMILES string of the molecule is CSc1cc(-c2ccc(/N=N/c3c(S(=O)(=O)O)cc4ccc(N)cc4c3O)c(SC)c2)ccc1/N=N/c1c(S(=O)(=O)O)cc2cc(N)ccc2c1O. The number of anilines is 2. The lowest BCUT2D eigenvalue weighted by Gasteiger charge is -2.11. The van der Waals surface area contributed by atoms with Gasteiger partial charge in [0, 0.05) is 31.9 Å². The molecule has 0 aromatic heterocycles. The second kappa shape index (κ2) is 14.1. The van der Waals surface area contributed by atoms with Gasteiger partial charge in [0.1, 0.15) is 21.2 Å². The summed E-state index contributed by atoms with van der Waals surface area (Å²) < 4.78 is 68.7. The molecule has 0 heterocycles. The highest BCUT2D eigenvalue weighted by molar-refractivity contribution is 7.99. The van der Waals surface area contributed by atoms with E-state index in [1.54, 1.807) is 24.3 Å². The van der Waals surface area contributed by atoms with Crippen LogP contribution in [0.2, 0.25) is 0 Å². The van der Waals surface area contributed by atoms with Gasteiger partial charge in [0.15, 0.2) is 11.5 Å². The Kier molecular flexibility index (Phi) is 9.88. The molecule has 0 amide bonds. The molecule has 0 unspecified atom stereocenters. The molecule has 266 valence electrons. The Morgan fingerprint density at radius 1 is 0.538 bits per heavy atom. The lowest BCUT2D eigenvalue weighted by molar-refractivity contribution is 0.471. The minimum Gasteiger partial charge on any atom is -0.505 e. The summed E-state index contributed by atoms with van der Waals surface area (Å²) in [7, 11) is -9.60. The number of nitrogens with two attached hydrogens (primary N) is 2. The van der Waals surface area contributed by atoms with Crippen molar-refractivity contribution in [1.29, 1.82) is 0 Å². The zero-order valence-corrected chi connectivity index (χ0v) is 30.3. The van der Waals surface area contributed by atoms with E-state index in [0.717, 1.165) is 17.2 Å². The Hall–Kier alpha value is -5.24. The lowest BCUT2D eigenvalue weighted by Crippen LogP contribution is -1.99. The maximum absolute atomic E-state index is 12.2. The van der Waals surface area contributed by atoms with Gasteiger partial charge in [0.05, 0.1) is 11.4 Å². The second-order valence-corrected chi connectivity index (χ2v) is 15.7. The molecule has 0 radical (unpaired) electrons. The van der Waals surface area contributed by atoms with Crippen molar-refractivity contribution in [1.82, 2.24) is 0 Å². The summed E-state index contributed by atoms with van der Waals surface area (Å²) in [5.41, 5.74) is 13.7. The third-order valence-electron chi connectivity index (χ3n) is 7.92. The molecule has 0 spiro atoms. The first-order valence-electron chi connectivity index (χ1n) is 14.8. The number of nitrogens with zero attached hydrogens (tertiary/aromatic N) is 4. The molecule has 0 atom stereocenters. The van der Waals surface area contributed by atoms with E-state index in [1.165, 1.54) is 66.0 Å². The standard InChI is InChI=1S/C34H28N6O8S4/c1-49-27-12-17(4-9-25(27)37-39-31-30(52(46,47)48)15-20-11-21(35)7-8-23(20)33(31)41)18-5-10-26(28(13-18)50-2)38-40-32-29(51(43,44)45)14-19-3-6-22(36)16-24(19)34(32)42/h3-16,41-42H,35-36H2,1-2H3,(H,43,44,45)(H,46,47,48)/b39-37+,40-38+. The summed E-state index contributed by atoms with van der Waals surface area (Å²) in [6, 6.07) is 21.8. The first-order valence-corrected chi connectivity index (χ1v) is 20.2. The molecule has 6 aromatic carbocycles. The van der Waals surface area contributed by atoms with E-state index in [9.17, 15) is 36.2 Å². The first kappa shape index (κ1) is 36.5. The summed E-state index contributed by atoms with van der Waals surface area (Å²) in [5, 5.41) is 39.5. The number of aromatic hydroxyl groups is 2. The largest absolute Gasteiger partial charge is 0.505 e. The van der Waals surface area contributed by atoms with Crippen molar-refractivity contribution in [2.24, 2.45) is 20.5 Å². The Bertz CT molecular complexity index is 2720. The van der Waals surface area contributed by atoms with Crippen molar-refractivity contribution in [3.8, 4) is 22.6 Å². The van der Waals surface area contributed by atoms with Crippen LogP contribution in [0.1, 0.15) is 0 Å². The normalized spacial score (nSPS) is 12.5. The first-order chi connectivity index (χ1) is 24.6. The predicted molar refractivity (Wildman–Crippen MR) is 203 cm³/mol. The average molecular weight is 777 g/mol. The smallest absolute Gasteiger partial charge is 0.296 e. The van der Waals surface area contributed by atoms with E-state index >= 15 is 0 Å². The molecule has 6 rings (SSSR count). The molecule has 6 aromatic rings. The van der Waals surface area contributed by atoms with Gasteiger partial charge in [0.2, 0.25) is 0 Å². The van der Waals surface area contributed by atoms with Gasteiger partial charge in [0.25, 0.3) is 20.2 Å². The maximum atomic E-state index is 12.2. The van der Waals surface area contributed by atoms with E-state index in [-0.39, 0.29) is 16.2 Å². The summed E-state index contributed by atoms with van der Waals surface area (Å²) >= 11 is 2.69. The highest BCUT2D eigenvalue weighted by Gasteiger charge is 2.24. The summed E-state index contributed by atoms with van der Waals surface area (Å²) in [6.07, 6.45) is 3.63. The minimum absolute atomic E-state index is 0.230. The number of rotatable bonds is 9. The Balaban J connectivity index is 1.35. The second-order valence-electron chi connectivity index (χ2n) is 11.2. The molecular formula is C34H28N6O8S4. The molecule has 0 aliphatic carbocycles. The van der Waals surface area contributed by atoms with Crippen molar-refractivity contribution < 1.29 is 36.2 Å². The number of thioether (sulfide) groups is 2. The summed E-state index contributed by atoms with van der Waals surface area (Å²) in [5.74, 6) is -1.01. The molecule has 0 saturated heterocycles. The molecule has 0 bridgehead atoms. The molecule has 0 aliphatic heterocycles. The number of hydrogen-bond donors (Lipinski definition) is 6. The van der Waals surface area contributed by atoms with Crippen LogP contribution >= 0.6 is 23.5 Å². The molecule has 18 heteroatoms. The van der Waals surface area contributed by atoms with E-state index < -0.39 is 52.9 Å². The van der Waals surface area contributed by atoms with Crippen LogP contribution in [0.5, 0.6) is 11.5 Å². The molecule has 0 fully saturated rings. The van der Waals surface area contributed by atoms with Gasteiger partial charge >= 0.3 is 0 Å². The lowest BCUT2D eigenvalue weighted by atomic mass is 10.0. The van der Waals surface area contributed by atoms with Crippen molar-refractivity contribution in [2.75, 3.05) is 24.0 Å². The van der Waals surface area contributed by atoms with Crippen LogP contribution in [-0.4, -0.2) is 48.7 Å². The van der Waals surface area contributed by atoms with E-state index in [1.807, 2.05) is 24.6 Å². The highest BCUT2D eigenvalue weighted by atomic mass is 32.2. The zero-order chi connectivity index (χ0) is 37.5.